The number of rotatable bonds is 4. The Kier molecular flexibility index (Phi) is 26.3. The molecule has 0 spiro atoms. The van der Waals surface area contributed by atoms with E-state index in [1.54, 1.807) is 41.5 Å². The van der Waals surface area contributed by atoms with Crippen molar-refractivity contribution in [2.24, 2.45) is 0 Å². The first kappa shape index (κ1) is 99.0. The summed E-state index contributed by atoms with van der Waals surface area (Å²) >= 11 is 14.1. The zero-order chi connectivity index (χ0) is 98.3. The van der Waals surface area contributed by atoms with Crippen LogP contribution in [0, 0.1) is 191 Å². The van der Waals surface area contributed by atoms with E-state index in [0.29, 0.717) is 6.92 Å². The highest BCUT2D eigenvalue weighted by atomic mass is 79.9. The minimum atomic E-state index is -2.56. The first-order chi connectivity index (χ1) is 61.1. The summed E-state index contributed by atoms with van der Waals surface area (Å²) in [5.41, 5.74) is -3.40. The van der Waals surface area contributed by atoms with Gasteiger partial charge in [-0.1, -0.05) is 220 Å². The highest BCUT2D eigenvalue weighted by Gasteiger charge is 2.42. The lowest BCUT2D eigenvalue weighted by molar-refractivity contribution is 0.412. The summed E-state index contributed by atoms with van der Waals surface area (Å²) in [6.07, 6.45) is 0. The van der Waals surface area contributed by atoms with Gasteiger partial charge in [0.25, 0.3) is 0 Å². The van der Waals surface area contributed by atoms with Crippen LogP contribution in [0.25, 0.3) is 131 Å². The molecule has 0 saturated heterocycles. The first-order valence-electron chi connectivity index (χ1n) is 39.3. The summed E-state index contributed by atoms with van der Waals surface area (Å²) in [5.74, 6) is -58.6. The van der Waals surface area contributed by atoms with Crippen molar-refractivity contribution in [2.45, 2.75) is 132 Å². The van der Waals surface area contributed by atoms with Crippen LogP contribution in [-0.2, 0) is 21.7 Å². The van der Waals surface area contributed by atoms with Crippen LogP contribution in [0.2, 0.25) is 0 Å². The molecule has 0 nitrogen and oxygen atoms in total. The van der Waals surface area contributed by atoms with Gasteiger partial charge >= 0.3 is 0 Å². The molecule has 0 heterocycles. The number of hydrogen-bond acceptors (Lipinski definition) is 0. The lowest BCUT2D eigenvalue weighted by Gasteiger charge is -2.28. The van der Waals surface area contributed by atoms with Crippen LogP contribution in [0.5, 0.6) is 0 Å². The Morgan fingerprint density at radius 1 is 0.182 bits per heavy atom. The van der Waals surface area contributed by atoms with E-state index in [0.717, 1.165) is 49.5 Å². The van der Waals surface area contributed by atoms with Gasteiger partial charge in [-0.15, -0.1) is 0 Å². The lowest BCUT2D eigenvalue weighted by Crippen LogP contribution is -2.19. The molecule has 132 heavy (non-hydrogen) atoms. The Morgan fingerprint density at radius 2 is 0.455 bits per heavy atom. The average molecular weight is 2120 g/mol. The van der Waals surface area contributed by atoms with Gasteiger partial charge in [-0.2, -0.15) is 0 Å². The van der Waals surface area contributed by atoms with Gasteiger partial charge in [-0.05, 0) is 173 Å². The maximum atomic E-state index is 15.4. The van der Waals surface area contributed by atoms with Crippen LogP contribution in [-0.4, -0.2) is 0 Å². The van der Waals surface area contributed by atoms with E-state index in [2.05, 4.69) is 152 Å². The Labute approximate surface area is 767 Å². The third kappa shape index (κ3) is 15.9. The minimum absolute atomic E-state index is 0.00800. The van der Waals surface area contributed by atoms with E-state index < -0.39 is 266 Å². The van der Waals surface area contributed by atoms with Crippen molar-refractivity contribution in [3.8, 4) is 44.5 Å². The number of hydrogen-bond donors (Lipinski definition) is 0. The second kappa shape index (κ2) is 35.1. The van der Waals surface area contributed by atoms with Crippen LogP contribution in [0.1, 0.15) is 128 Å². The van der Waals surface area contributed by atoms with Gasteiger partial charge in [0, 0.05) is 82.9 Å². The largest absolute Gasteiger partial charge is 0.203 e. The lowest BCUT2D eigenvalue weighted by atomic mass is 9.77. The molecule has 0 N–H and O–H groups in total. The minimum Gasteiger partial charge on any atom is -0.203 e. The van der Waals surface area contributed by atoms with Crippen LogP contribution in [0.15, 0.2) is 115 Å². The highest BCUT2D eigenvalue weighted by Crippen LogP contribution is 2.56. The van der Waals surface area contributed by atoms with E-state index in [-0.39, 0.29) is 58.9 Å². The Morgan fingerprint density at radius 3 is 0.871 bits per heavy atom. The molecule has 0 amide bonds. The van der Waals surface area contributed by atoms with Crippen molar-refractivity contribution in [3.05, 3.63) is 322 Å². The van der Waals surface area contributed by atoms with Crippen molar-refractivity contribution in [1.82, 2.24) is 0 Å². The Bertz CT molecular complexity index is 7740. The van der Waals surface area contributed by atoms with Crippen LogP contribution < -0.4 is 0 Å². The molecular formula is C100H64Br4F28. The number of halogens is 32. The van der Waals surface area contributed by atoms with Gasteiger partial charge < -0.3 is 0 Å². The molecular weight excluding hydrogens is 2050 g/mol. The van der Waals surface area contributed by atoms with Crippen LogP contribution >= 0.6 is 63.7 Å². The van der Waals surface area contributed by atoms with Crippen molar-refractivity contribution in [1.29, 1.82) is 0 Å². The summed E-state index contributed by atoms with van der Waals surface area (Å²) < 4.78 is 411. The first-order valence-corrected chi connectivity index (χ1v) is 42.5. The van der Waals surface area contributed by atoms with E-state index in [1.165, 1.54) is 74.3 Å². The quantitative estimate of drug-likeness (QED) is 0.0936. The number of fused-ring (bicyclic) bond motifs is 8. The monoisotopic (exact) mass is 2110 g/mol. The molecule has 0 radical (unpaired) electrons. The number of benzene rings is 16. The Balaban J connectivity index is 0.000000150. The predicted octanol–water partition coefficient (Wildman–Crippen LogP) is 36.0. The molecule has 0 aliphatic rings. The molecule has 0 bridgehead atoms. The van der Waals surface area contributed by atoms with Crippen molar-refractivity contribution < 1.29 is 123 Å². The molecule has 0 atom stereocenters. The van der Waals surface area contributed by atoms with Crippen molar-refractivity contribution >= 4 is 150 Å². The summed E-state index contributed by atoms with van der Waals surface area (Å²) in [7, 11) is 0. The maximum Gasteiger partial charge on any atom is 0.198 e. The van der Waals surface area contributed by atoms with Gasteiger partial charge in [0.1, 0.15) is 0 Å². The molecule has 0 aromatic heterocycles. The highest BCUT2D eigenvalue weighted by molar-refractivity contribution is 9.11. The third-order valence-electron chi connectivity index (χ3n) is 22.9. The smallest absolute Gasteiger partial charge is 0.198 e. The van der Waals surface area contributed by atoms with Gasteiger partial charge in [0.15, 0.2) is 163 Å². The molecule has 0 aliphatic carbocycles. The topological polar surface area (TPSA) is 0 Å². The fourth-order valence-corrected chi connectivity index (χ4v) is 19.9. The molecule has 16 rings (SSSR count). The summed E-state index contributed by atoms with van der Waals surface area (Å²) in [6.45, 7) is 26.0. The SMILES string of the molecule is Cc1c(Br)cc2c(F)c(F)c(F)c(F)c2c1-c1c(C(C)(C)C)c(Br)cc2c(F)c(F)c(F)c(F)c12.Cc1c(Br)cc2ccccc2c1-c1c(C(C)(C)C)c(Br)cc2ccccc12.Cc1c(F)c(F)c2c(F)c(F)c(F)c(F)c2c1-c1c(C(C)(C)C)c(F)c(F)c2c(F)c(F)c(F)c(F)c12.Cc1ccc2c(F)c(F)c(F)c(F)c2c1-c1c(C(C)(C)C)ccc2c(F)c(F)c(F)c(F)c12. The number of aryl methyl sites for hydroxylation is 1. The van der Waals surface area contributed by atoms with E-state index in [9.17, 15) is 87.8 Å². The van der Waals surface area contributed by atoms with Gasteiger partial charge in [0.05, 0.1) is 10.8 Å². The zero-order valence-corrected chi connectivity index (χ0v) is 77.7. The molecule has 0 saturated carbocycles. The van der Waals surface area contributed by atoms with Gasteiger partial charge in [0.2, 0.25) is 0 Å². The third-order valence-corrected chi connectivity index (χ3v) is 25.8. The summed E-state index contributed by atoms with van der Waals surface area (Å²) in [4.78, 5) is 0. The molecule has 0 aliphatic heterocycles. The second-order valence-electron chi connectivity index (χ2n) is 35.4. The fourth-order valence-electron chi connectivity index (χ4n) is 17.0. The molecule has 16 aromatic carbocycles. The molecule has 16 aromatic rings. The van der Waals surface area contributed by atoms with Crippen LogP contribution in [0.4, 0.5) is 123 Å². The standard InChI is InChI=1S/C25H14Br2F8.C25H22Br2.C25H12F12.C25H16F8/c1-7-10(26)5-8-13(19(30)23(34)21(32)17(8)28)12(7)15-14-9(6-11(27)16(15)25(2,3)4)18(29)22(33)24(35)20(14)31;1-15-20(26)13-16-9-5-7-11-18(16)22(15)23-19-12-8-6-10-17(19)14-21(27)24(23)25(2,3)4;1-5-6(8-10(16(29)13(5)26)18(31)23(36)21(34)14(8)27)7-9-11(19(32)24(37)22(35)15(9)28)17(30)20(33)12(7)25(2,3)4;1-9-5-6-10-14(19(28)23(32)21(30)17(10)26)13(9)16-12(25(2,3)4)8-7-11-15(16)20(29)24(33)22(31)18(11)27/h5-6H,1-4H3;5-14H,1-4H3;1-4H3;5-8H,1-4H3. The van der Waals surface area contributed by atoms with Crippen molar-refractivity contribution in [3.63, 3.8) is 0 Å². The van der Waals surface area contributed by atoms with Gasteiger partial charge in [-0.25, -0.2) is 123 Å². The summed E-state index contributed by atoms with van der Waals surface area (Å²) in [5, 5.41) is -7.40. The molecule has 688 valence electrons. The predicted molar refractivity (Wildman–Crippen MR) is 471 cm³/mol. The van der Waals surface area contributed by atoms with Gasteiger partial charge in [-0.3, -0.25) is 0 Å². The maximum absolute atomic E-state index is 15.4. The molecule has 0 unspecified atom stereocenters. The van der Waals surface area contributed by atoms with Crippen molar-refractivity contribution in [2.75, 3.05) is 0 Å². The zero-order valence-electron chi connectivity index (χ0n) is 71.3. The average Bonchev–Trinajstić information content (AvgIpc) is 0.694. The van der Waals surface area contributed by atoms with Crippen LogP contribution in [0.3, 0.4) is 0 Å². The Hall–Kier alpha value is -10.4. The van der Waals surface area contributed by atoms with E-state index in [1.807, 2.05) is 0 Å². The molecule has 0 fully saturated rings. The molecule has 32 heteroatoms. The van der Waals surface area contributed by atoms with E-state index in [4.69, 9.17) is 0 Å². The fraction of sp³-hybridized carbons (Fsp3) is 0.200. The second-order valence-corrected chi connectivity index (χ2v) is 38.8. The normalized spacial score (nSPS) is 12.2. The summed E-state index contributed by atoms with van der Waals surface area (Å²) in [6, 6.07) is 28.6. The van der Waals surface area contributed by atoms with E-state index >= 15 is 35.1 Å².